The molecule has 102 valence electrons. The van der Waals surface area contributed by atoms with Gasteiger partial charge in [-0.2, -0.15) is 4.98 Å². The molecule has 9 heteroatoms. The maximum atomic E-state index is 11.6. The Labute approximate surface area is 106 Å². The Morgan fingerprint density at radius 1 is 1.32 bits per heavy atom. The Kier molecular flexibility index (Phi) is 3.42. The predicted molar refractivity (Wildman–Crippen MR) is 65.0 cm³/mol. The smallest absolute Gasteiger partial charge is 0.280 e. The van der Waals surface area contributed by atoms with Gasteiger partial charge in [0.15, 0.2) is 11.2 Å². The molecule has 0 radical (unpaired) electrons. The minimum atomic E-state index is -1.46. The molecule has 19 heavy (non-hydrogen) atoms. The van der Waals surface area contributed by atoms with Crippen LogP contribution >= 0.6 is 0 Å². The van der Waals surface area contributed by atoms with Gasteiger partial charge in [0.2, 0.25) is 5.95 Å². The van der Waals surface area contributed by atoms with Gasteiger partial charge in [-0.05, 0) is 6.92 Å². The van der Waals surface area contributed by atoms with Gasteiger partial charge in [0.05, 0.1) is 18.0 Å². The van der Waals surface area contributed by atoms with Crippen molar-refractivity contribution in [2.45, 2.75) is 25.2 Å². The number of aliphatic hydroxyl groups is 3. The first-order chi connectivity index (χ1) is 8.90. The molecule has 2 heterocycles. The second-order valence-electron chi connectivity index (χ2n) is 4.09. The number of anilines is 1. The van der Waals surface area contributed by atoms with E-state index in [1.54, 1.807) is 0 Å². The topological polar surface area (TPSA) is 158 Å². The Morgan fingerprint density at radius 3 is 2.63 bits per heavy atom. The first-order valence-corrected chi connectivity index (χ1v) is 5.46. The third kappa shape index (κ3) is 2.52. The third-order valence-electron chi connectivity index (χ3n) is 2.58. The van der Waals surface area contributed by atoms with Crippen LogP contribution in [0.4, 0.5) is 5.95 Å². The van der Waals surface area contributed by atoms with Gasteiger partial charge in [-0.3, -0.25) is 9.78 Å². The molecule has 9 nitrogen and oxygen atoms in total. The van der Waals surface area contributed by atoms with Crippen LogP contribution in [-0.2, 0) is 0 Å². The fourth-order valence-electron chi connectivity index (χ4n) is 1.53. The van der Waals surface area contributed by atoms with Gasteiger partial charge in [-0.25, -0.2) is 9.97 Å². The summed E-state index contributed by atoms with van der Waals surface area (Å²) < 4.78 is 0. The lowest BCUT2D eigenvalue weighted by atomic mass is 10.1. The predicted octanol–water partition coefficient (Wildman–Crippen LogP) is -1.93. The number of aromatic amines is 1. The first kappa shape index (κ1) is 13.3. The molecule has 0 saturated carbocycles. The lowest BCUT2D eigenvalue weighted by Crippen LogP contribution is -2.30. The minimum absolute atomic E-state index is 0.0312. The highest BCUT2D eigenvalue weighted by Crippen LogP contribution is 2.17. The molecule has 0 fully saturated rings. The number of nitrogens with two attached hydrogens (primary N) is 1. The van der Waals surface area contributed by atoms with Crippen LogP contribution < -0.4 is 11.3 Å². The van der Waals surface area contributed by atoms with E-state index in [1.165, 1.54) is 6.92 Å². The number of aliphatic hydroxyl groups excluding tert-OH is 3. The monoisotopic (exact) mass is 267 g/mol. The zero-order valence-corrected chi connectivity index (χ0v) is 9.98. The van der Waals surface area contributed by atoms with E-state index in [9.17, 15) is 20.1 Å². The van der Waals surface area contributed by atoms with Crippen molar-refractivity contribution >= 4 is 17.1 Å². The van der Waals surface area contributed by atoms with Crippen LogP contribution in [0.5, 0.6) is 0 Å². The standard InChI is InChI=1S/C10H13N5O4/c1-3(16)6(17)7(18)4-2-12-8-5(13-4)9(19)15-10(11)14-8/h2-3,6-7,16-18H,1H3,(H3,11,12,14,15,19)/t3-,6+,7+/m0/s1. The summed E-state index contributed by atoms with van der Waals surface area (Å²) >= 11 is 0. The molecule has 0 amide bonds. The number of nitrogen functional groups attached to an aromatic ring is 1. The summed E-state index contributed by atoms with van der Waals surface area (Å²) in [5.74, 6) is -0.0934. The highest BCUT2D eigenvalue weighted by molar-refractivity contribution is 5.69. The van der Waals surface area contributed by atoms with Crippen molar-refractivity contribution in [1.82, 2.24) is 19.9 Å². The number of hydrogen-bond donors (Lipinski definition) is 5. The van der Waals surface area contributed by atoms with E-state index in [4.69, 9.17) is 5.73 Å². The van der Waals surface area contributed by atoms with Crippen LogP contribution in [-0.4, -0.2) is 47.5 Å². The molecule has 0 bridgehead atoms. The molecule has 3 atom stereocenters. The molecule has 2 aromatic rings. The van der Waals surface area contributed by atoms with E-state index in [-0.39, 0.29) is 22.8 Å². The van der Waals surface area contributed by atoms with Gasteiger partial charge in [0, 0.05) is 0 Å². The average Bonchev–Trinajstić information content (AvgIpc) is 2.36. The number of nitrogens with zero attached hydrogens (tertiary/aromatic N) is 3. The Morgan fingerprint density at radius 2 is 2.00 bits per heavy atom. The van der Waals surface area contributed by atoms with Crippen LogP contribution in [0.3, 0.4) is 0 Å². The summed E-state index contributed by atoms with van der Waals surface area (Å²) in [6.07, 6.45) is -2.90. The lowest BCUT2D eigenvalue weighted by Gasteiger charge is -2.19. The van der Waals surface area contributed by atoms with E-state index >= 15 is 0 Å². The molecular formula is C10H13N5O4. The second kappa shape index (κ2) is 4.88. The Bertz CT molecular complexity index is 656. The Hall–Kier alpha value is -2.10. The first-order valence-electron chi connectivity index (χ1n) is 5.46. The van der Waals surface area contributed by atoms with Crippen molar-refractivity contribution < 1.29 is 15.3 Å². The number of H-pyrrole nitrogens is 1. The third-order valence-corrected chi connectivity index (χ3v) is 2.58. The molecule has 2 rings (SSSR count). The molecule has 2 aromatic heterocycles. The van der Waals surface area contributed by atoms with Crippen molar-refractivity contribution in [2.75, 3.05) is 5.73 Å². The van der Waals surface area contributed by atoms with Gasteiger partial charge in [-0.1, -0.05) is 0 Å². The summed E-state index contributed by atoms with van der Waals surface area (Å²) in [5, 5.41) is 28.5. The number of rotatable bonds is 3. The molecule has 6 N–H and O–H groups in total. The van der Waals surface area contributed by atoms with Crippen LogP contribution in [0.1, 0.15) is 18.7 Å². The summed E-state index contributed by atoms with van der Waals surface area (Å²) in [6.45, 7) is 1.32. The van der Waals surface area contributed by atoms with Crippen LogP contribution in [0.15, 0.2) is 11.0 Å². The molecule has 0 aliphatic heterocycles. The highest BCUT2D eigenvalue weighted by Gasteiger charge is 2.25. The number of aromatic nitrogens is 4. The molecule has 0 saturated heterocycles. The van der Waals surface area contributed by atoms with Crippen molar-refractivity contribution in [1.29, 1.82) is 0 Å². The average molecular weight is 267 g/mol. The fourth-order valence-corrected chi connectivity index (χ4v) is 1.53. The van der Waals surface area contributed by atoms with Gasteiger partial charge in [0.25, 0.3) is 5.56 Å². The van der Waals surface area contributed by atoms with Crippen molar-refractivity contribution in [3.8, 4) is 0 Å². The Balaban J connectivity index is 2.50. The van der Waals surface area contributed by atoms with Crippen molar-refractivity contribution in [3.05, 3.63) is 22.2 Å². The lowest BCUT2D eigenvalue weighted by molar-refractivity contribution is -0.0548. The van der Waals surface area contributed by atoms with E-state index in [0.29, 0.717) is 0 Å². The van der Waals surface area contributed by atoms with Gasteiger partial charge >= 0.3 is 0 Å². The SMILES string of the molecule is C[C@H](O)[C@@H](O)[C@H](O)c1cnc2nc(N)[nH]c(=O)c2n1. The molecule has 0 aliphatic rings. The van der Waals surface area contributed by atoms with E-state index in [2.05, 4.69) is 19.9 Å². The summed E-state index contributed by atoms with van der Waals surface area (Å²) in [6, 6.07) is 0. The number of hydrogen-bond acceptors (Lipinski definition) is 8. The molecule has 0 aromatic carbocycles. The summed E-state index contributed by atoms with van der Waals surface area (Å²) in [4.78, 5) is 25.3. The maximum Gasteiger partial charge on any atom is 0.280 e. The van der Waals surface area contributed by atoms with Gasteiger partial charge < -0.3 is 21.1 Å². The van der Waals surface area contributed by atoms with E-state index < -0.39 is 23.9 Å². The molecule has 0 aliphatic carbocycles. The van der Waals surface area contributed by atoms with Gasteiger partial charge in [0.1, 0.15) is 12.2 Å². The van der Waals surface area contributed by atoms with Gasteiger partial charge in [-0.15, -0.1) is 0 Å². The fraction of sp³-hybridized carbons (Fsp3) is 0.400. The second-order valence-corrected chi connectivity index (χ2v) is 4.09. The number of fused-ring (bicyclic) bond motifs is 1. The van der Waals surface area contributed by atoms with Crippen molar-refractivity contribution in [2.24, 2.45) is 0 Å². The number of nitrogens with one attached hydrogen (secondary N) is 1. The van der Waals surface area contributed by atoms with Crippen LogP contribution in [0.2, 0.25) is 0 Å². The molecule has 0 unspecified atom stereocenters. The maximum absolute atomic E-state index is 11.6. The molecular weight excluding hydrogens is 254 g/mol. The quantitative estimate of drug-likeness (QED) is 0.430. The minimum Gasteiger partial charge on any atom is -0.391 e. The summed E-state index contributed by atoms with van der Waals surface area (Å²) in [7, 11) is 0. The van der Waals surface area contributed by atoms with Crippen LogP contribution in [0.25, 0.3) is 11.2 Å². The summed E-state index contributed by atoms with van der Waals surface area (Å²) in [5.41, 5.74) is 4.63. The highest BCUT2D eigenvalue weighted by atomic mass is 16.4. The molecule has 0 spiro atoms. The van der Waals surface area contributed by atoms with Crippen molar-refractivity contribution in [3.63, 3.8) is 0 Å². The van der Waals surface area contributed by atoms with E-state index in [0.717, 1.165) is 6.20 Å². The largest absolute Gasteiger partial charge is 0.391 e. The normalized spacial score (nSPS) is 16.2. The van der Waals surface area contributed by atoms with Crippen LogP contribution in [0, 0.1) is 0 Å². The zero-order valence-electron chi connectivity index (χ0n) is 9.98. The zero-order chi connectivity index (χ0) is 14.2. The van der Waals surface area contributed by atoms with E-state index in [1.807, 2.05) is 0 Å².